The highest BCUT2D eigenvalue weighted by molar-refractivity contribution is 7.13. The molecule has 122 valence electrons. The molecule has 1 heterocycles. The van der Waals surface area contributed by atoms with Crippen LogP contribution in [0.25, 0.3) is 0 Å². The van der Waals surface area contributed by atoms with Crippen LogP contribution in [0, 0.1) is 13.8 Å². The molecule has 6 nitrogen and oxygen atoms in total. The molecule has 2 rings (SSSR count). The highest BCUT2D eigenvalue weighted by Gasteiger charge is 2.11. The van der Waals surface area contributed by atoms with Crippen molar-refractivity contribution >= 4 is 34.2 Å². The summed E-state index contributed by atoms with van der Waals surface area (Å²) in [5.74, 6) is -0.148. The van der Waals surface area contributed by atoms with Crippen LogP contribution in [0.15, 0.2) is 23.6 Å². The zero-order valence-electron chi connectivity index (χ0n) is 13.3. The first-order valence-electron chi connectivity index (χ1n) is 7.23. The molecule has 0 radical (unpaired) electrons. The summed E-state index contributed by atoms with van der Waals surface area (Å²) in [5.41, 5.74) is 3.56. The molecule has 0 unspecified atom stereocenters. The topological polar surface area (TPSA) is 80.3 Å². The van der Waals surface area contributed by atoms with Gasteiger partial charge in [0, 0.05) is 11.1 Å². The van der Waals surface area contributed by atoms with Crippen LogP contribution in [0.4, 0.5) is 15.6 Å². The molecule has 0 atom stereocenters. The Morgan fingerprint density at radius 1 is 1.26 bits per heavy atom. The van der Waals surface area contributed by atoms with E-state index in [0.29, 0.717) is 17.4 Å². The number of rotatable bonds is 5. The predicted octanol–water partition coefficient (Wildman–Crippen LogP) is 3.51. The normalized spacial score (nSPS) is 10.2. The van der Waals surface area contributed by atoms with Crippen LogP contribution in [-0.2, 0) is 16.0 Å². The number of benzene rings is 1. The standard InChI is InChI=1S/C16H19N3O3S/c1-4-22-16(21)19-15-17-12(9-23-15)8-14(20)18-13-6-5-10(2)7-11(13)3/h5-7,9H,4,8H2,1-3H3,(H,18,20)(H,17,19,21). The van der Waals surface area contributed by atoms with Crippen molar-refractivity contribution in [2.75, 3.05) is 17.2 Å². The highest BCUT2D eigenvalue weighted by Crippen LogP contribution is 2.18. The van der Waals surface area contributed by atoms with Gasteiger partial charge in [0.1, 0.15) is 0 Å². The minimum Gasteiger partial charge on any atom is -0.450 e. The first-order valence-corrected chi connectivity index (χ1v) is 8.11. The number of aromatic nitrogens is 1. The molecule has 1 aromatic carbocycles. The number of ether oxygens (including phenoxy) is 1. The summed E-state index contributed by atoms with van der Waals surface area (Å²) in [6, 6.07) is 5.85. The fourth-order valence-corrected chi connectivity index (χ4v) is 2.71. The van der Waals surface area contributed by atoms with Crippen LogP contribution in [0.5, 0.6) is 0 Å². The van der Waals surface area contributed by atoms with Gasteiger partial charge in [-0.2, -0.15) is 0 Å². The number of carbonyl (C=O) groups excluding carboxylic acids is 2. The molecule has 0 fully saturated rings. The number of carbonyl (C=O) groups is 2. The molecule has 0 aliphatic heterocycles. The summed E-state index contributed by atoms with van der Waals surface area (Å²) in [5, 5.41) is 7.54. The van der Waals surface area contributed by atoms with Gasteiger partial charge in [-0.3, -0.25) is 10.1 Å². The smallest absolute Gasteiger partial charge is 0.413 e. The average Bonchev–Trinajstić information content (AvgIpc) is 2.89. The van der Waals surface area contributed by atoms with Crippen molar-refractivity contribution in [1.29, 1.82) is 0 Å². The minimum absolute atomic E-state index is 0.147. The number of anilines is 2. The molecule has 7 heteroatoms. The van der Waals surface area contributed by atoms with Gasteiger partial charge in [0.2, 0.25) is 5.91 Å². The average molecular weight is 333 g/mol. The fraction of sp³-hybridized carbons (Fsp3) is 0.312. The first kappa shape index (κ1) is 17.0. The Balaban J connectivity index is 1.93. The number of aryl methyl sites for hydroxylation is 2. The maximum atomic E-state index is 12.1. The van der Waals surface area contributed by atoms with Crippen molar-refractivity contribution in [2.45, 2.75) is 27.2 Å². The van der Waals surface area contributed by atoms with Crippen LogP contribution in [0.3, 0.4) is 0 Å². The van der Waals surface area contributed by atoms with Crippen LogP contribution in [0.2, 0.25) is 0 Å². The molecule has 2 aromatic rings. The number of thiazole rings is 1. The maximum absolute atomic E-state index is 12.1. The van der Waals surface area contributed by atoms with Crippen molar-refractivity contribution in [2.24, 2.45) is 0 Å². The maximum Gasteiger partial charge on any atom is 0.413 e. The molecular weight excluding hydrogens is 314 g/mol. The van der Waals surface area contributed by atoms with Crippen molar-refractivity contribution < 1.29 is 14.3 Å². The van der Waals surface area contributed by atoms with Gasteiger partial charge >= 0.3 is 6.09 Å². The summed E-state index contributed by atoms with van der Waals surface area (Å²) in [6.07, 6.45) is -0.401. The lowest BCUT2D eigenvalue weighted by atomic mass is 10.1. The van der Waals surface area contributed by atoms with Gasteiger partial charge in [0.05, 0.1) is 18.7 Å². The third-order valence-corrected chi connectivity index (χ3v) is 3.84. The second-order valence-corrected chi connectivity index (χ2v) is 5.89. The van der Waals surface area contributed by atoms with Crippen LogP contribution in [-0.4, -0.2) is 23.6 Å². The van der Waals surface area contributed by atoms with E-state index in [1.54, 1.807) is 12.3 Å². The second-order valence-electron chi connectivity index (χ2n) is 5.03. The number of nitrogens with zero attached hydrogens (tertiary/aromatic N) is 1. The SMILES string of the molecule is CCOC(=O)Nc1nc(CC(=O)Nc2ccc(C)cc2C)cs1. The number of hydrogen-bond donors (Lipinski definition) is 2. The Kier molecular flexibility index (Phi) is 5.70. The summed E-state index contributed by atoms with van der Waals surface area (Å²) < 4.78 is 4.78. The van der Waals surface area contributed by atoms with Gasteiger partial charge in [-0.25, -0.2) is 9.78 Å². The van der Waals surface area contributed by atoms with Crippen LogP contribution >= 0.6 is 11.3 Å². The van der Waals surface area contributed by atoms with Crippen molar-refractivity contribution in [3.8, 4) is 0 Å². The van der Waals surface area contributed by atoms with E-state index >= 15 is 0 Å². The van der Waals surface area contributed by atoms with E-state index in [-0.39, 0.29) is 12.3 Å². The van der Waals surface area contributed by atoms with Gasteiger partial charge < -0.3 is 10.1 Å². The Bertz CT molecular complexity index is 712. The molecule has 2 amide bonds. The number of nitrogens with one attached hydrogen (secondary N) is 2. The molecule has 0 saturated carbocycles. The lowest BCUT2D eigenvalue weighted by Crippen LogP contribution is -2.16. The van der Waals surface area contributed by atoms with E-state index in [1.165, 1.54) is 11.3 Å². The summed E-state index contributed by atoms with van der Waals surface area (Å²) >= 11 is 1.25. The highest BCUT2D eigenvalue weighted by atomic mass is 32.1. The van der Waals surface area contributed by atoms with E-state index in [9.17, 15) is 9.59 Å². The lowest BCUT2D eigenvalue weighted by molar-refractivity contribution is -0.115. The molecule has 1 aromatic heterocycles. The van der Waals surface area contributed by atoms with Gasteiger partial charge in [-0.15, -0.1) is 11.3 Å². The molecule has 0 saturated heterocycles. The van der Waals surface area contributed by atoms with E-state index in [4.69, 9.17) is 4.74 Å². The Labute approximate surface area is 138 Å². The van der Waals surface area contributed by atoms with Crippen molar-refractivity contribution in [1.82, 2.24) is 4.98 Å². The van der Waals surface area contributed by atoms with Gasteiger partial charge in [0.25, 0.3) is 0 Å². The molecule has 2 N–H and O–H groups in total. The van der Waals surface area contributed by atoms with E-state index in [2.05, 4.69) is 15.6 Å². The third-order valence-electron chi connectivity index (χ3n) is 3.03. The van der Waals surface area contributed by atoms with Gasteiger partial charge in [0.15, 0.2) is 5.13 Å². The molecule has 0 aliphatic rings. The Morgan fingerprint density at radius 3 is 2.74 bits per heavy atom. The number of amides is 2. The zero-order chi connectivity index (χ0) is 16.8. The molecular formula is C16H19N3O3S. The predicted molar refractivity (Wildman–Crippen MR) is 91.0 cm³/mol. The minimum atomic E-state index is -0.548. The zero-order valence-corrected chi connectivity index (χ0v) is 14.1. The van der Waals surface area contributed by atoms with E-state index < -0.39 is 6.09 Å². The molecule has 0 spiro atoms. The summed E-state index contributed by atoms with van der Waals surface area (Å²) in [7, 11) is 0. The monoisotopic (exact) mass is 333 g/mol. The summed E-state index contributed by atoms with van der Waals surface area (Å²) in [6.45, 7) is 5.98. The lowest BCUT2D eigenvalue weighted by Gasteiger charge is -2.08. The van der Waals surface area contributed by atoms with Gasteiger partial charge in [-0.1, -0.05) is 17.7 Å². The van der Waals surface area contributed by atoms with Crippen molar-refractivity contribution in [3.05, 3.63) is 40.4 Å². The molecule has 23 heavy (non-hydrogen) atoms. The van der Waals surface area contributed by atoms with Gasteiger partial charge in [-0.05, 0) is 32.4 Å². The Morgan fingerprint density at radius 2 is 2.04 bits per heavy atom. The largest absolute Gasteiger partial charge is 0.450 e. The van der Waals surface area contributed by atoms with E-state index in [0.717, 1.165) is 16.8 Å². The second kappa shape index (κ2) is 7.73. The Hall–Kier alpha value is -2.41. The third kappa shape index (κ3) is 5.07. The number of hydrogen-bond acceptors (Lipinski definition) is 5. The van der Waals surface area contributed by atoms with Crippen LogP contribution < -0.4 is 10.6 Å². The van der Waals surface area contributed by atoms with Crippen molar-refractivity contribution in [3.63, 3.8) is 0 Å². The fourth-order valence-electron chi connectivity index (χ4n) is 2.01. The van der Waals surface area contributed by atoms with Crippen LogP contribution in [0.1, 0.15) is 23.7 Å². The quantitative estimate of drug-likeness (QED) is 0.877. The molecule has 0 aliphatic carbocycles. The molecule has 0 bridgehead atoms. The van der Waals surface area contributed by atoms with E-state index in [1.807, 2.05) is 32.0 Å². The first-order chi connectivity index (χ1) is 11.0. The summed E-state index contributed by atoms with van der Waals surface area (Å²) in [4.78, 5) is 27.6.